The molecule has 2 N–H and O–H groups in total. The molecule has 0 aliphatic carbocycles. The van der Waals surface area contributed by atoms with Crippen LogP contribution in [0.4, 0.5) is 0 Å². The maximum absolute atomic E-state index is 11.6. The van der Waals surface area contributed by atoms with Gasteiger partial charge >= 0.3 is 0 Å². The van der Waals surface area contributed by atoms with Gasteiger partial charge in [-0.1, -0.05) is 20.8 Å². The first-order valence-corrected chi connectivity index (χ1v) is 4.86. The van der Waals surface area contributed by atoms with Crippen molar-refractivity contribution in [1.82, 2.24) is 0 Å². The van der Waals surface area contributed by atoms with E-state index in [4.69, 9.17) is 9.90 Å². The number of carbonyl (C=O) groups is 2. The second kappa shape index (κ2) is 5.75. The summed E-state index contributed by atoms with van der Waals surface area (Å²) in [6, 6.07) is 0.259. The molecule has 0 aromatic heterocycles. The highest BCUT2D eigenvalue weighted by Gasteiger charge is 2.34. The van der Waals surface area contributed by atoms with Gasteiger partial charge in [-0.05, 0) is 0 Å². The summed E-state index contributed by atoms with van der Waals surface area (Å²) in [6.07, 6.45) is 2.28. The lowest BCUT2D eigenvalue weighted by atomic mass is 9.86. The SMILES string of the molecule is CC(C)(C)C(=O)[C@@H]1CCC[NH2+]1.O=C[O-]. The van der Waals surface area contributed by atoms with Gasteiger partial charge in [-0.25, -0.2) is 0 Å². The molecule has 0 unspecified atom stereocenters. The van der Waals surface area contributed by atoms with Crippen molar-refractivity contribution in [3.05, 3.63) is 0 Å². The van der Waals surface area contributed by atoms with E-state index in [1.807, 2.05) is 20.8 Å². The van der Waals surface area contributed by atoms with Crippen LogP contribution in [0.15, 0.2) is 0 Å². The third kappa shape index (κ3) is 4.37. The van der Waals surface area contributed by atoms with Crippen molar-refractivity contribution in [3.63, 3.8) is 0 Å². The van der Waals surface area contributed by atoms with Gasteiger partial charge < -0.3 is 15.2 Å². The molecule has 1 rings (SSSR count). The van der Waals surface area contributed by atoms with Crippen LogP contribution in [0.5, 0.6) is 0 Å². The first-order chi connectivity index (χ1) is 6.43. The Bertz CT molecular complexity index is 190. The molecular formula is C10H19NO3. The van der Waals surface area contributed by atoms with Gasteiger partial charge in [0.25, 0.3) is 0 Å². The average molecular weight is 201 g/mol. The van der Waals surface area contributed by atoms with E-state index < -0.39 is 6.47 Å². The fraction of sp³-hybridized carbons (Fsp3) is 0.800. The molecule has 1 fully saturated rings. The number of Topliss-reactive ketones (excluding diaryl/α,β-unsaturated/α-hetero) is 1. The number of hydrogen-bond acceptors (Lipinski definition) is 3. The van der Waals surface area contributed by atoms with Gasteiger partial charge in [-0.3, -0.25) is 4.79 Å². The molecule has 0 aromatic rings. The molecule has 1 atom stereocenters. The van der Waals surface area contributed by atoms with Crippen molar-refractivity contribution in [1.29, 1.82) is 0 Å². The third-order valence-electron chi connectivity index (χ3n) is 2.25. The van der Waals surface area contributed by atoms with Crippen LogP contribution >= 0.6 is 0 Å². The van der Waals surface area contributed by atoms with Crippen LogP contribution in [0, 0.1) is 5.41 Å². The van der Waals surface area contributed by atoms with Crippen LogP contribution in [-0.4, -0.2) is 24.8 Å². The minimum atomic E-state index is -0.500. The van der Waals surface area contributed by atoms with E-state index in [2.05, 4.69) is 5.32 Å². The lowest BCUT2D eigenvalue weighted by molar-refractivity contribution is -0.657. The van der Waals surface area contributed by atoms with E-state index in [9.17, 15) is 4.79 Å². The Hall–Kier alpha value is -0.900. The van der Waals surface area contributed by atoms with Crippen molar-refractivity contribution >= 4 is 12.3 Å². The van der Waals surface area contributed by atoms with Crippen LogP contribution < -0.4 is 10.4 Å². The number of quaternary nitrogens is 1. The number of carbonyl (C=O) groups excluding carboxylic acids is 2. The molecule has 0 saturated carbocycles. The zero-order valence-electron chi connectivity index (χ0n) is 9.08. The average Bonchev–Trinajstić information content (AvgIpc) is 2.54. The largest absolute Gasteiger partial charge is 0.554 e. The lowest BCUT2D eigenvalue weighted by Crippen LogP contribution is -2.89. The third-order valence-corrected chi connectivity index (χ3v) is 2.25. The van der Waals surface area contributed by atoms with Crippen LogP contribution in [0.25, 0.3) is 0 Å². The zero-order chi connectivity index (χ0) is 11.2. The Morgan fingerprint density at radius 3 is 2.29 bits per heavy atom. The lowest BCUT2D eigenvalue weighted by Gasteiger charge is -2.18. The maximum atomic E-state index is 11.6. The van der Waals surface area contributed by atoms with Gasteiger partial charge in [0.05, 0.1) is 6.54 Å². The highest BCUT2D eigenvalue weighted by molar-refractivity contribution is 5.87. The van der Waals surface area contributed by atoms with E-state index in [1.165, 1.54) is 6.42 Å². The standard InChI is InChI=1S/C9H17NO.CH2O2/c1-9(2,3)8(11)7-5-4-6-10-7;2-1-3/h7,10H,4-6H2,1-3H3;1H,(H,2,3)/t7-;/m0./s1. The van der Waals surface area contributed by atoms with Crippen LogP contribution in [0.3, 0.4) is 0 Å². The Morgan fingerprint density at radius 1 is 1.50 bits per heavy atom. The van der Waals surface area contributed by atoms with E-state index in [-0.39, 0.29) is 11.5 Å². The molecule has 4 nitrogen and oxygen atoms in total. The van der Waals surface area contributed by atoms with Gasteiger partial charge in [0.15, 0.2) is 5.78 Å². The molecule has 0 aromatic carbocycles. The van der Waals surface area contributed by atoms with Crippen LogP contribution in [0.2, 0.25) is 0 Å². The molecule has 1 aliphatic rings. The summed E-state index contributed by atoms with van der Waals surface area (Å²) < 4.78 is 0. The maximum Gasteiger partial charge on any atom is 0.195 e. The molecule has 1 aliphatic heterocycles. The summed E-state index contributed by atoms with van der Waals surface area (Å²) in [5.74, 6) is 0.412. The molecule has 4 heteroatoms. The number of nitrogens with two attached hydrogens (primary N) is 1. The van der Waals surface area contributed by atoms with Crippen LogP contribution in [0.1, 0.15) is 33.6 Å². The Labute approximate surface area is 84.7 Å². The quantitative estimate of drug-likeness (QED) is 0.535. The van der Waals surface area contributed by atoms with Crippen molar-refractivity contribution in [3.8, 4) is 0 Å². The normalized spacial score (nSPS) is 20.9. The number of hydrogen-bond donors (Lipinski definition) is 1. The monoisotopic (exact) mass is 201 g/mol. The predicted octanol–water partition coefficient (Wildman–Crippen LogP) is -1.31. The highest BCUT2D eigenvalue weighted by atomic mass is 16.3. The minimum absolute atomic E-state index is 0.147. The van der Waals surface area contributed by atoms with E-state index in [1.54, 1.807) is 0 Å². The molecule has 0 radical (unpaired) electrons. The predicted molar refractivity (Wildman–Crippen MR) is 50.3 cm³/mol. The highest BCUT2D eigenvalue weighted by Crippen LogP contribution is 2.18. The van der Waals surface area contributed by atoms with Crippen molar-refractivity contribution in [2.24, 2.45) is 5.41 Å². The summed E-state index contributed by atoms with van der Waals surface area (Å²) in [5.41, 5.74) is -0.147. The van der Waals surface area contributed by atoms with E-state index in [0.29, 0.717) is 5.78 Å². The molecule has 0 spiro atoms. The van der Waals surface area contributed by atoms with Crippen LogP contribution in [-0.2, 0) is 9.59 Å². The van der Waals surface area contributed by atoms with Crippen molar-refractivity contribution in [2.45, 2.75) is 39.7 Å². The summed E-state index contributed by atoms with van der Waals surface area (Å²) in [6.45, 7) is 6.64. The van der Waals surface area contributed by atoms with Gasteiger partial charge in [0, 0.05) is 24.7 Å². The first-order valence-electron chi connectivity index (χ1n) is 4.86. The fourth-order valence-electron chi connectivity index (χ4n) is 1.57. The Kier molecular flexibility index (Phi) is 5.38. The summed E-state index contributed by atoms with van der Waals surface area (Å²) >= 11 is 0. The summed E-state index contributed by atoms with van der Waals surface area (Å²) in [4.78, 5) is 19.9. The molecular weight excluding hydrogens is 182 g/mol. The van der Waals surface area contributed by atoms with Crippen molar-refractivity contribution < 1.29 is 20.0 Å². The number of carboxylic acid groups (broad SMARTS) is 1. The van der Waals surface area contributed by atoms with Gasteiger partial charge in [0.1, 0.15) is 6.04 Å². The summed E-state index contributed by atoms with van der Waals surface area (Å²) in [5, 5.41) is 10.4. The van der Waals surface area contributed by atoms with E-state index >= 15 is 0 Å². The van der Waals surface area contributed by atoms with Gasteiger partial charge in [-0.15, -0.1) is 0 Å². The second-order valence-electron chi connectivity index (χ2n) is 4.48. The first kappa shape index (κ1) is 13.1. The molecule has 0 bridgehead atoms. The summed E-state index contributed by atoms with van der Waals surface area (Å²) in [7, 11) is 0. The molecule has 0 amide bonds. The molecule has 1 saturated heterocycles. The smallest absolute Gasteiger partial charge is 0.195 e. The number of ketones is 1. The Morgan fingerprint density at radius 2 is 2.00 bits per heavy atom. The second-order valence-corrected chi connectivity index (χ2v) is 4.48. The number of rotatable bonds is 1. The van der Waals surface area contributed by atoms with E-state index in [0.717, 1.165) is 13.0 Å². The Balaban J connectivity index is 0.000000500. The molecule has 14 heavy (non-hydrogen) atoms. The molecule has 82 valence electrons. The zero-order valence-corrected chi connectivity index (χ0v) is 9.08. The van der Waals surface area contributed by atoms with Gasteiger partial charge in [-0.2, -0.15) is 0 Å². The molecule has 1 heterocycles. The fourth-order valence-corrected chi connectivity index (χ4v) is 1.57. The van der Waals surface area contributed by atoms with Crippen molar-refractivity contribution in [2.75, 3.05) is 6.54 Å². The van der Waals surface area contributed by atoms with Gasteiger partial charge in [0.2, 0.25) is 0 Å². The minimum Gasteiger partial charge on any atom is -0.554 e. The topological polar surface area (TPSA) is 73.8 Å².